The molecule has 1 aliphatic rings. The third-order valence-electron chi connectivity index (χ3n) is 4.25. The normalized spacial score (nSPS) is 23.5. The van der Waals surface area contributed by atoms with E-state index in [4.69, 9.17) is 29.6 Å². The zero-order valence-corrected chi connectivity index (χ0v) is 14.8. The summed E-state index contributed by atoms with van der Waals surface area (Å²) in [7, 11) is -3.48. The summed E-state index contributed by atoms with van der Waals surface area (Å²) in [6, 6.07) is 14.0. The SMILES string of the molecule is Cc1ccc(S(=O)(=O)[C@@H]2[C@H](C(N)=S)[C@H]2c2ccc(Cl)cc2)cc1. The van der Waals surface area contributed by atoms with E-state index in [1.807, 2.05) is 19.1 Å². The maximum Gasteiger partial charge on any atom is 0.182 e. The highest BCUT2D eigenvalue weighted by atomic mass is 35.5. The van der Waals surface area contributed by atoms with Crippen molar-refractivity contribution < 1.29 is 8.42 Å². The first-order chi connectivity index (χ1) is 10.8. The highest BCUT2D eigenvalue weighted by Crippen LogP contribution is 2.54. The second-order valence-corrected chi connectivity index (χ2v) is 8.84. The molecule has 23 heavy (non-hydrogen) atoms. The lowest BCUT2D eigenvalue weighted by Crippen LogP contribution is -2.17. The molecule has 0 radical (unpaired) electrons. The molecule has 0 heterocycles. The van der Waals surface area contributed by atoms with Crippen molar-refractivity contribution >= 4 is 38.6 Å². The molecule has 6 heteroatoms. The summed E-state index contributed by atoms with van der Waals surface area (Å²) in [4.78, 5) is 0.552. The molecule has 1 aliphatic carbocycles. The summed E-state index contributed by atoms with van der Waals surface area (Å²) >= 11 is 11.0. The molecule has 120 valence electrons. The fourth-order valence-corrected chi connectivity index (χ4v) is 5.63. The van der Waals surface area contributed by atoms with Gasteiger partial charge in [-0.2, -0.15) is 0 Å². The second-order valence-electron chi connectivity index (χ2n) is 5.83. The van der Waals surface area contributed by atoms with Crippen LogP contribution in [-0.2, 0) is 9.84 Å². The third-order valence-corrected chi connectivity index (χ3v) is 7.00. The average molecular weight is 366 g/mol. The smallest absolute Gasteiger partial charge is 0.182 e. The molecule has 2 aromatic carbocycles. The maximum atomic E-state index is 12.9. The van der Waals surface area contributed by atoms with Crippen molar-refractivity contribution in [3.63, 3.8) is 0 Å². The molecule has 2 aromatic rings. The molecule has 0 spiro atoms. The molecule has 3 nitrogen and oxygen atoms in total. The van der Waals surface area contributed by atoms with E-state index >= 15 is 0 Å². The van der Waals surface area contributed by atoms with E-state index in [2.05, 4.69) is 0 Å². The molecule has 3 atom stereocenters. The number of benzene rings is 2. The van der Waals surface area contributed by atoms with Crippen LogP contribution in [-0.4, -0.2) is 18.7 Å². The molecule has 1 fully saturated rings. The highest BCUT2D eigenvalue weighted by molar-refractivity contribution is 7.92. The first-order valence-electron chi connectivity index (χ1n) is 7.18. The summed E-state index contributed by atoms with van der Waals surface area (Å²) < 4.78 is 25.9. The van der Waals surface area contributed by atoms with Crippen molar-refractivity contribution in [3.8, 4) is 0 Å². The molecular weight excluding hydrogens is 350 g/mol. The summed E-state index contributed by atoms with van der Waals surface area (Å²) in [5.41, 5.74) is 7.70. The summed E-state index contributed by atoms with van der Waals surface area (Å²) in [6.07, 6.45) is 0. The van der Waals surface area contributed by atoms with Crippen molar-refractivity contribution in [2.45, 2.75) is 23.0 Å². The monoisotopic (exact) mass is 365 g/mol. The lowest BCUT2D eigenvalue weighted by Gasteiger charge is -2.05. The maximum absolute atomic E-state index is 12.9. The van der Waals surface area contributed by atoms with Crippen LogP contribution in [0.1, 0.15) is 17.0 Å². The first kappa shape index (κ1) is 16.4. The molecule has 0 aromatic heterocycles. The van der Waals surface area contributed by atoms with Crippen LogP contribution in [0.25, 0.3) is 0 Å². The van der Waals surface area contributed by atoms with Gasteiger partial charge < -0.3 is 5.73 Å². The number of nitrogens with two attached hydrogens (primary N) is 1. The minimum absolute atomic E-state index is 0.212. The fraction of sp³-hybridized carbons (Fsp3) is 0.235. The number of sulfone groups is 1. The standard InChI is InChI=1S/C17H16ClNO2S2/c1-10-2-8-13(9-3-10)23(20,21)16-14(15(16)17(19)22)11-4-6-12(18)7-5-11/h2-9,14-16H,1H3,(H2,19,22)/t14-,15-,16+/m1/s1. The van der Waals surface area contributed by atoms with Crippen LogP contribution in [0.3, 0.4) is 0 Å². The summed E-state index contributed by atoms with van der Waals surface area (Å²) in [5.74, 6) is -0.548. The van der Waals surface area contributed by atoms with Gasteiger partial charge >= 0.3 is 0 Å². The quantitative estimate of drug-likeness (QED) is 0.842. The molecule has 0 bridgehead atoms. The minimum Gasteiger partial charge on any atom is -0.393 e. The number of rotatable bonds is 4. The molecule has 3 rings (SSSR count). The van der Waals surface area contributed by atoms with Crippen molar-refractivity contribution in [1.29, 1.82) is 0 Å². The van der Waals surface area contributed by atoms with E-state index in [1.54, 1.807) is 36.4 Å². The Bertz CT molecular complexity index is 845. The van der Waals surface area contributed by atoms with Crippen molar-refractivity contribution in [2.75, 3.05) is 0 Å². The number of thiocarbonyl (C=S) groups is 1. The topological polar surface area (TPSA) is 60.2 Å². The first-order valence-corrected chi connectivity index (χ1v) is 9.51. The van der Waals surface area contributed by atoms with Gasteiger partial charge in [0.1, 0.15) is 0 Å². The van der Waals surface area contributed by atoms with Gasteiger partial charge in [-0.3, -0.25) is 0 Å². The van der Waals surface area contributed by atoms with Crippen molar-refractivity contribution in [3.05, 3.63) is 64.7 Å². The summed E-state index contributed by atoms with van der Waals surface area (Å²) in [5, 5.41) is 0.00287. The zero-order chi connectivity index (χ0) is 16.8. The largest absolute Gasteiger partial charge is 0.393 e. The van der Waals surface area contributed by atoms with Gasteiger partial charge in [0.2, 0.25) is 0 Å². The van der Waals surface area contributed by atoms with E-state index in [0.717, 1.165) is 11.1 Å². The van der Waals surface area contributed by atoms with Gasteiger partial charge in [-0.05, 0) is 36.8 Å². The number of hydrogen-bond donors (Lipinski definition) is 1. The highest BCUT2D eigenvalue weighted by Gasteiger charge is 2.60. The lowest BCUT2D eigenvalue weighted by molar-refractivity contribution is 0.593. The molecule has 2 N–H and O–H groups in total. The third kappa shape index (κ3) is 3.01. The predicted molar refractivity (Wildman–Crippen MR) is 96.6 cm³/mol. The van der Waals surface area contributed by atoms with Gasteiger partial charge in [0.05, 0.1) is 15.1 Å². The van der Waals surface area contributed by atoms with Gasteiger partial charge in [0.15, 0.2) is 9.84 Å². The van der Waals surface area contributed by atoms with Crippen LogP contribution in [0, 0.1) is 12.8 Å². The Kier molecular flexibility index (Phi) is 4.21. The molecule has 0 saturated heterocycles. The van der Waals surface area contributed by atoms with Crippen LogP contribution < -0.4 is 5.73 Å². The Hall–Kier alpha value is -1.43. The second kappa shape index (κ2) is 5.89. The molecule has 0 aliphatic heterocycles. The van der Waals surface area contributed by atoms with E-state index in [-0.39, 0.29) is 16.8 Å². The van der Waals surface area contributed by atoms with Crippen LogP contribution in [0.2, 0.25) is 5.02 Å². The van der Waals surface area contributed by atoms with Crippen LogP contribution in [0.5, 0.6) is 0 Å². The van der Waals surface area contributed by atoms with Gasteiger partial charge in [-0.15, -0.1) is 0 Å². The van der Waals surface area contributed by atoms with Gasteiger partial charge in [0, 0.05) is 16.9 Å². The fourth-order valence-electron chi connectivity index (χ4n) is 2.98. The minimum atomic E-state index is -3.48. The molecule has 1 saturated carbocycles. The summed E-state index contributed by atoms with van der Waals surface area (Å²) in [6.45, 7) is 1.92. The average Bonchev–Trinajstić information content (AvgIpc) is 3.25. The van der Waals surface area contributed by atoms with Crippen molar-refractivity contribution in [1.82, 2.24) is 0 Å². The van der Waals surface area contributed by atoms with Crippen LogP contribution in [0.15, 0.2) is 53.4 Å². The Morgan fingerprint density at radius 1 is 1.09 bits per heavy atom. The van der Waals surface area contributed by atoms with Crippen molar-refractivity contribution in [2.24, 2.45) is 11.7 Å². The van der Waals surface area contributed by atoms with Crippen LogP contribution >= 0.6 is 23.8 Å². The lowest BCUT2D eigenvalue weighted by atomic mass is 10.1. The Labute approximate surface area is 146 Å². The zero-order valence-electron chi connectivity index (χ0n) is 12.4. The Morgan fingerprint density at radius 2 is 1.65 bits per heavy atom. The number of halogens is 1. The molecular formula is C17H16ClNO2S2. The number of aryl methyl sites for hydroxylation is 1. The molecule has 0 unspecified atom stereocenters. The van der Waals surface area contributed by atoms with E-state index in [1.165, 1.54) is 0 Å². The molecule has 0 amide bonds. The van der Waals surface area contributed by atoms with E-state index in [9.17, 15) is 8.42 Å². The Balaban J connectivity index is 1.98. The van der Waals surface area contributed by atoms with Crippen LogP contribution in [0.4, 0.5) is 0 Å². The van der Waals surface area contributed by atoms with Gasteiger partial charge in [-0.1, -0.05) is 53.6 Å². The van der Waals surface area contributed by atoms with E-state index < -0.39 is 15.1 Å². The number of hydrogen-bond acceptors (Lipinski definition) is 3. The predicted octanol–water partition coefficient (Wildman–Crippen LogP) is 3.49. The van der Waals surface area contributed by atoms with E-state index in [0.29, 0.717) is 9.92 Å². The van der Waals surface area contributed by atoms with Gasteiger partial charge in [0.25, 0.3) is 0 Å². The Morgan fingerprint density at radius 3 is 2.17 bits per heavy atom. The van der Waals surface area contributed by atoms with Gasteiger partial charge in [-0.25, -0.2) is 8.42 Å².